The largest absolute Gasteiger partial charge is 0.462 e. The van der Waals surface area contributed by atoms with E-state index in [4.69, 9.17) is 9.47 Å². The second-order valence-electron chi connectivity index (χ2n) is 12.6. The van der Waals surface area contributed by atoms with Crippen LogP contribution in [0.5, 0.6) is 0 Å². The van der Waals surface area contributed by atoms with Gasteiger partial charge in [0.1, 0.15) is 12.2 Å². The number of alkyl halides is 6. The number of esters is 2. The molecular weight excluding hydrogens is 542 g/mol. The number of ether oxygens (including phenoxy) is 2. The third-order valence-corrected chi connectivity index (χ3v) is 9.85. The van der Waals surface area contributed by atoms with Gasteiger partial charge in [-0.1, -0.05) is 30.2 Å². The minimum atomic E-state index is -5.81. The van der Waals surface area contributed by atoms with Crippen LogP contribution in [-0.2, 0) is 19.1 Å². The maximum Gasteiger partial charge on any atom is 0.426 e. The first-order valence-electron chi connectivity index (χ1n) is 14.0. The van der Waals surface area contributed by atoms with Crippen LogP contribution >= 0.6 is 0 Å². The fourth-order valence-electron chi connectivity index (χ4n) is 8.06. The first-order valence-corrected chi connectivity index (χ1v) is 14.0. The summed E-state index contributed by atoms with van der Waals surface area (Å²) >= 11 is 0. The van der Waals surface area contributed by atoms with Crippen LogP contribution in [0.3, 0.4) is 0 Å². The minimum absolute atomic E-state index is 0.0163. The lowest BCUT2D eigenvalue weighted by Crippen LogP contribution is -2.59. The van der Waals surface area contributed by atoms with Crippen molar-refractivity contribution in [1.82, 2.24) is 0 Å². The number of aliphatic hydroxyl groups is 1. The molecule has 0 aliphatic heterocycles. The third-order valence-electron chi connectivity index (χ3n) is 9.85. The summed E-state index contributed by atoms with van der Waals surface area (Å²) in [5, 5.41) is 10.0. The lowest BCUT2D eigenvalue weighted by molar-refractivity contribution is -0.375. The molecule has 0 saturated heterocycles. The van der Waals surface area contributed by atoms with E-state index in [0.29, 0.717) is 38.5 Å². The van der Waals surface area contributed by atoms with E-state index in [9.17, 15) is 41.0 Å². The highest BCUT2D eigenvalue weighted by atomic mass is 19.4. The van der Waals surface area contributed by atoms with Crippen LogP contribution in [0.4, 0.5) is 26.3 Å². The smallest absolute Gasteiger partial charge is 0.426 e. The van der Waals surface area contributed by atoms with Gasteiger partial charge in [0.05, 0.1) is 0 Å². The van der Waals surface area contributed by atoms with Gasteiger partial charge in [-0.2, -0.15) is 26.3 Å². The highest BCUT2D eigenvalue weighted by molar-refractivity contribution is 5.67. The highest BCUT2D eigenvalue weighted by Gasteiger charge is 2.75. The Balaban J connectivity index is 1.56. The van der Waals surface area contributed by atoms with E-state index < -0.39 is 59.4 Å². The molecule has 1 N–H and O–H groups in total. The van der Waals surface area contributed by atoms with Crippen LogP contribution in [0.1, 0.15) is 91.4 Å². The maximum absolute atomic E-state index is 13.6. The van der Waals surface area contributed by atoms with Gasteiger partial charge in [-0.3, -0.25) is 9.59 Å². The summed E-state index contributed by atoms with van der Waals surface area (Å²) in [5.41, 5.74) is -4.33. The average Bonchev–Trinajstić information content (AvgIpc) is 3.46. The van der Waals surface area contributed by atoms with Crippen LogP contribution < -0.4 is 0 Å². The standard InChI is InChI=1S/C29H38F6O5/c1-17(36)39-21-13-19(14-22(15-21)40-18(2)37)6-7-20-5-4-10-25(3)23(20)8-9-24(25)26(11-12-26)16-27(38,28(30,31)32)29(33,34)35/h6-7,21-24,38H,4-5,8-16H2,1-3H3/b19-6-,20-7+/t21?,22-,23?,24?,25+/m1/s1. The van der Waals surface area contributed by atoms with Crippen molar-refractivity contribution in [2.24, 2.45) is 22.7 Å². The normalized spacial score (nSPS) is 34.5. The number of fused-ring (bicyclic) bond motifs is 1. The van der Waals surface area contributed by atoms with E-state index in [1.165, 1.54) is 13.8 Å². The van der Waals surface area contributed by atoms with Gasteiger partial charge in [-0.25, -0.2) is 0 Å². The summed E-state index contributed by atoms with van der Waals surface area (Å²) in [7, 11) is 0. The van der Waals surface area contributed by atoms with Crippen LogP contribution in [-0.4, -0.2) is 47.2 Å². The zero-order valence-electron chi connectivity index (χ0n) is 23.1. The predicted molar refractivity (Wildman–Crippen MR) is 133 cm³/mol. The molecule has 226 valence electrons. The Morgan fingerprint density at radius 2 is 1.48 bits per heavy atom. The summed E-state index contributed by atoms with van der Waals surface area (Å²) in [6.07, 6.45) is -4.57. The zero-order chi connectivity index (χ0) is 29.7. The molecule has 4 saturated carbocycles. The molecule has 3 unspecified atom stereocenters. The molecule has 40 heavy (non-hydrogen) atoms. The predicted octanol–water partition coefficient (Wildman–Crippen LogP) is 7.13. The molecule has 4 aliphatic carbocycles. The number of hydrogen-bond donors (Lipinski definition) is 1. The molecule has 5 atom stereocenters. The molecule has 0 aromatic rings. The topological polar surface area (TPSA) is 72.8 Å². The first kappa shape index (κ1) is 30.9. The molecule has 0 aromatic carbocycles. The van der Waals surface area contributed by atoms with E-state index in [0.717, 1.165) is 24.0 Å². The first-order chi connectivity index (χ1) is 18.4. The summed E-state index contributed by atoms with van der Waals surface area (Å²) in [6.45, 7) is 4.62. The Bertz CT molecular complexity index is 1020. The minimum Gasteiger partial charge on any atom is -0.462 e. The average molecular weight is 581 g/mol. The van der Waals surface area contributed by atoms with Crippen molar-refractivity contribution >= 4 is 11.9 Å². The molecule has 0 amide bonds. The van der Waals surface area contributed by atoms with Gasteiger partial charge in [0.25, 0.3) is 5.60 Å². The molecule has 11 heteroatoms. The van der Waals surface area contributed by atoms with Crippen LogP contribution in [0, 0.1) is 22.7 Å². The van der Waals surface area contributed by atoms with Crippen molar-refractivity contribution in [3.8, 4) is 0 Å². The Morgan fingerprint density at radius 1 is 0.925 bits per heavy atom. The summed E-state index contributed by atoms with van der Waals surface area (Å²) in [6, 6.07) is 0. The quantitative estimate of drug-likeness (QED) is 0.267. The number of carbonyl (C=O) groups is 2. The lowest BCUT2D eigenvalue weighted by Gasteiger charge is -2.47. The number of rotatable bonds is 6. The van der Waals surface area contributed by atoms with Crippen molar-refractivity contribution in [3.63, 3.8) is 0 Å². The third kappa shape index (κ3) is 5.95. The monoisotopic (exact) mass is 580 g/mol. The lowest BCUT2D eigenvalue weighted by atomic mass is 9.59. The summed E-state index contributed by atoms with van der Waals surface area (Å²) in [5.74, 6) is -1.19. The van der Waals surface area contributed by atoms with Crippen LogP contribution in [0.25, 0.3) is 0 Å². The van der Waals surface area contributed by atoms with Gasteiger partial charge < -0.3 is 14.6 Å². The molecule has 4 fully saturated rings. The van der Waals surface area contributed by atoms with Crippen molar-refractivity contribution in [3.05, 3.63) is 23.3 Å². The number of halogens is 6. The Kier molecular flexibility index (Phi) is 8.24. The summed E-state index contributed by atoms with van der Waals surface area (Å²) < 4.78 is 92.2. The summed E-state index contributed by atoms with van der Waals surface area (Å²) in [4.78, 5) is 23.0. The van der Waals surface area contributed by atoms with Gasteiger partial charge in [0.2, 0.25) is 0 Å². The van der Waals surface area contributed by atoms with E-state index in [2.05, 4.69) is 0 Å². The fraction of sp³-hybridized carbons (Fsp3) is 0.793. The van der Waals surface area contributed by atoms with E-state index in [1.54, 1.807) is 0 Å². The molecule has 0 aromatic heterocycles. The maximum atomic E-state index is 13.6. The fourth-order valence-corrected chi connectivity index (χ4v) is 8.06. The number of allylic oxidation sites excluding steroid dienone is 3. The van der Waals surface area contributed by atoms with E-state index in [-0.39, 0.29) is 24.7 Å². The van der Waals surface area contributed by atoms with Crippen molar-refractivity contribution in [2.45, 2.75) is 122 Å². The Hall–Kier alpha value is -2.04. The number of carbonyl (C=O) groups excluding carboxylic acids is 2. The van der Waals surface area contributed by atoms with Gasteiger partial charge in [0.15, 0.2) is 0 Å². The second kappa shape index (κ2) is 10.7. The van der Waals surface area contributed by atoms with E-state index >= 15 is 0 Å². The number of hydrogen-bond acceptors (Lipinski definition) is 5. The Morgan fingerprint density at radius 3 is 1.95 bits per heavy atom. The molecule has 0 bridgehead atoms. The molecule has 0 heterocycles. The van der Waals surface area contributed by atoms with Crippen LogP contribution in [0.15, 0.2) is 23.3 Å². The molecule has 5 nitrogen and oxygen atoms in total. The van der Waals surface area contributed by atoms with Crippen molar-refractivity contribution < 1.29 is 50.5 Å². The van der Waals surface area contributed by atoms with Gasteiger partial charge in [-0.05, 0) is 67.6 Å². The van der Waals surface area contributed by atoms with Crippen molar-refractivity contribution in [2.75, 3.05) is 0 Å². The zero-order valence-corrected chi connectivity index (χ0v) is 23.1. The molecule has 4 aliphatic rings. The van der Waals surface area contributed by atoms with Gasteiger partial charge in [0, 0.05) is 39.5 Å². The Labute approximate surface area is 230 Å². The van der Waals surface area contributed by atoms with Crippen LogP contribution in [0.2, 0.25) is 0 Å². The molecule has 0 spiro atoms. The highest BCUT2D eigenvalue weighted by Crippen LogP contribution is 2.71. The second-order valence-corrected chi connectivity index (χ2v) is 12.6. The molecule has 4 rings (SSSR count). The van der Waals surface area contributed by atoms with E-state index in [1.807, 2.05) is 19.1 Å². The molecule has 0 radical (unpaired) electrons. The van der Waals surface area contributed by atoms with Gasteiger partial charge >= 0.3 is 24.3 Å². The SMILES string of the molecule is CC(=O)OC1C/C(=C/C=C2\CCC[C@@]3(C)C2CCC3C2(CC(O)(C(F)(F)F)C(F)(F)F)CC2)C[C@@H](OC(C)=O)C1. The van der Waals surface area contributed by atoms with Gasteiger partial charge in [-0.15, -0.1) is 0 Å². The molecular formula is C29H38F6O5. The van der Waals surface area contributed by atoms with Crippen molar-refractivity contribution in [1.29, 1.82) is 0 Å².